The van der Waals surface area contributed by atoms with E-state index in [0.717, 1.165) is 11.3 Å². The molecule has 0 unspecified atom stereocenters. The SMILES string of the molecule is COC(=O)c1sc(Oc2ccc(C(C)=O)cc2Cl)nc1Cl. The molecule has 0 radical (unpaired) electrons. The molecule has 5 nitrogen and oxygen atoms in total. The lowest BCUT2D eigenvalue weighted by Crippen LogP contribution is -1.98. The Morgan fingerprint density at radius 2 is 2.00 bits per heavy atom. The van der Waals surface area contributed by atoms with Gasteiger partial charge in [0.1, 0.15) is 5.75 Å². The number of hydrogen-bond donors (Lipinski definition) is 0. The van der Waals surface area contributed by atoms with Gasteiger partial charge >= 0.3 is 5.97 Å². The first-order valence-electron chi connectivity index (χ1n) is 5.65. The van der Waals surface area contributed by atoms with E-state index in [1.807, 2.05) is 0 Å². The highest BCUT2D eigenvalue weighted by Crippen LogP contribution is 2.35. The van der Waals surface area contributed by atoms with Crippen molar-refractivity contribution in [2.24, 2.45) is 0 Å². The number of aromatic nitrogens is 1. The lowest BCUT2D eigenvalue weighted by Gasteiger charge is -2.05. The molecular formula is C13H9Cl2NO4S. The Morgan fingerprint density at radius 1 is 1.29 bits per heavy atom. The molecule has 0 spiro atoms. The maximum Gasteiger partial charge on any atom is 0.351 e. The average Bonchev–Trinajstić information content (AvgIpc) is 2.81. The van der Waals surface area contributed by atoms with Gasteiger partial charge in [-0.1, -0.05) is 34.5 Å². The van der Waals surface area contributed by atoms with Gasteiger partial charge < -0.3 is 9.47 Å². The number of carbonyl (C=O) groups is 2. The van der Waals surface area contributed by atoms with Gasteiger partial charge in [0.2, 0.25) is 0 Å². The van der Waals surface area contributed by atoms with Gasteiger partial charge in [-0.05, 0) is 25.1 Å². The minimum Gasteiger partial charge on any atom is -0.465 e. The van der Waals surface area contributed by atoms with Crippen molar-refractivity contribution < 1.29 is 19.1 Å². The number of nitrogens with zero attached hydrogens (tertiary/aromatic N) is 1. The molecule has 0 atom stereocenters. The van der Waals surface area contributed by atoms with Crippen LogP contribution in [0.25, 0.3) is 0 Å². The number of carbonyl (C=O) groups excluding carboxylic acids is 2. The van der Waals surface area contributed by atoms with Crippen molar-refractivity contribution in [1.29, 1.82) is 0 Å². The summed E-state index contributed by atoms with van der Waals surface area (Å²) in [6.07, 6.45) is 0. The molecule has 0 saturated heterocycles. The zero-order valence-corrected chi connectivity index (χ0v) is 13.3. The van der Waals surface area contributed by atoms with Crippen molar-refractivity contribution in [3.8, 4) is 10.9 Å². The molecule has 2 aromatic rings. The second kappa shape index (κ2) is 6.43. The van der Waals surface area contributed by atoms with Crippen molar-refractivity contribution in [3.63, 3.8) is 0 Å². The molecular weight excluding hydrogens is 337 g/mol. The van der Waals surface area contributed by atoms with E-state index in [9.17, 15) is 9.59 Å². The lowest BCUT2D eigenvalue weighted by atomic mass is 10.1. The summed E-state index contributed by atoms with van der Waals surface area (Å²) in [5, 5.41) is 0.407. The summed E-state index contributed by atoms with van der Waals surface area (Å²) in [5.74, 6) is -0.386. The first-order chi connectivity index (χ1) is 9.92. The van der Waals surface area contributed by atoms with Crippen LogP contribution < -0.4 is 4.74 Å². The predicted molar refractivity (Wildman–Crippen MR) is 80.0 cm³/mol. The van der Waals surface area contributed by atoms with Crippen LogP contribution >= 0.6 is 34.5 Å². The number of benzene rings is 1. The summed E-state index contributed by atoms with van der Waals surface area (Å²) in [7, 11) is 1.25. The highest BCUT2D eigenvalue weighted by atomic mass is 35.5. The molecule has 0 aliphatic carbocycles. The van der Waals surface area contributed by atoms with Gasteiger partial charge in [0.15, 0.2) is 15.8 Å². The second-order valence-electron chi connectivity index (χ2n) is 3.89. The van der Waals surface area contributed by atoms with E-state index in [-0.39, 0.29) is 26.0 Å². The molecule has 21 heavy (non-hydrogen) atoms. The van der Waals surface area contributed by atoms with Crippen LogP contribution in [-0.2, 0) is 4.74 Å². The van der Waals surface area contributed by atoms with Crippen LogP contribution in [0.1, 0.15) is 27.0 Å². The van der Waals surface area contributed by atoms with E-state index < -0.39 is 5.97 Å². The zero-order valence-electron chi connectivity index (χ0n) is 11.0. The fourth-order valence-electron chi connectivity index (χ4n) is 1.44. The molecule has 8 heteroatoms. The lowest BCUT2D eigenvalue weighted by molar-refractivity contribution is 0.0606. The summed E-state index contributed by atoms with van der Waals surface area (Å²) in [4.78, 5) is 26.7. The summed E-state index contributed by atoms with van der Waals surface area (Å²) in [6, 6.07) is 4.63. The van der Waals surface area contributed by atoms with Crippen LogP contribution in [0.4, 0.5) is 0 Å². The first-order valence-corrected chi connectivity index (χ1v) is 7.22. The molecule has 1 aromatic carbocycles. The summed E-state index contributed by atoms with van der Waals surface area (Å²) >= 11 is 12.8. The smallest absolute Gasteiger partial charge is 0.351 e. The van der Waals surface area contributed by atoms with E-state index in [1.165, 1.54) is 20.1 Å². The number of Topliss-reactive ketones (excluding diaryl/α,β-unsaturated/α-hetero) is 1. The standard InChI is InChI=1S/C13H9Cl2NO4S/c1-6(17)7-3-4-9(8(14)5-7)20-13-16-11(15)10(21-13)12(18)19-2/h3-5H,1-2H3. The molecule has 0 aliphatic rings. The third kappa shape index (κ3) is 3.53. The number of hydrogen-bond acceptors (Lipinski definition) is 6. The molecule has 0 saturated carbocycles. The van der Waals surface area contributed by atoms with E-state index >= 15 is 0 Å². The van der Waals surface area contributed by atoms with Gasteiger partial charge in [0.25, 0.3) is 5.19 Å². The van der Waals surface area contributed by atoms with Crippen LogP contribution in [0.5, 0.6) is 10.9 Å². The topological polar surface area (TPSA) is 65.5 Å². The highest BCUT2D eigenvalue weighted by Gasteiger charge is 2.19. The largest absolute Gasteiger partial charge is 0.465 e. The Bertz CT molecular complexity index is 714. The van der Waals surface area contributed by atoms with Gasteiger partial charge in [-0.3, -0.25) is 4.79 Å². The molecule has 1 aromatic heterocycles. The van der Waals surface area contributed by atoms with Crippen molar-refractivity contribution in [1.82, 2.24) is 4.98 Å². The van der Waals surface area contributed by atoms with Crippen molar-refractivity contribution in [2.45, 2.75) is 6.92 Å². The summed E-state index contributed by atoms with van der Waals surface area (Å²) in [6.45, 7) is 1.44. The third-order valence-corrected chi connectivity index (χ3v) is 4.07. The van der Waals surface area contributed by atoms with E-state index in [0.29, 0.717) is 11.3 Å². The highest BCUT2D eigenvalue weighted by molar-refractivity contribution is 7.15. The Hall–Kier alpha value is -1.63. The maximum absolute atomic E-state index is 11.4. The Morgan fingerprint density at radius 3 is 2.57 bits per heavy atom. The number of thiazole rings is 1. The van der Waals surface area contributed by atoms with E-state index in [4.69, 9.17) is 27.9 Å². The number of ketones is 1. The number of methoxy groups -OCH3 is 1. The molecule has 0 amide bonds. The zero-order chi connectivity index (χ0) is 15.6. The van der Waals surface area contributed by atoms with Gasteiger partial charge in [-0.15, -0.1) is 0 Å². The van der Waals surface area contributed by atoms with E-state index in [2.05, 4.69) is 9.72 Å². The molecule has 0 aliphatic heterocycles. The second-order valence-corrected chi connectivity index (χ2v) is 5.62. The van der Waals surface area contributed by atoms with Gasteiger partial charge in [0.05, 0.1) is 12.1 Å². The molecule has 2 rings (SSSR count). The predicted octanol–water partition coefficient (Wildman–Crippen LogP) is 4.23. The van der Waals surface area contributed by atoms with Crippen LogP contribution in [0.3, 0.4) is 0 Å². The first kappa shape index (κ1) is 15.8. The van der Waals surface area contributed by atoms with Gasteiger partial charge in [0, 0.05) is 5.56 Å². The third-order valence-electron chi connectivity index (χ3n) is 2.47. The number of halogens is 2. The average molecular weight is 346 g/mol. The normalized spacial score (nSPS) is 10.3. The maximum atomic E-state index is 11.4. The number of esters is 1. The monoisotopic (exact) mass is 345 g/mol. The number of ether oxygens (including phenoxy) is 2. The van der Waals surface area contributed by atoms with Crippen molar-refractivity contribution in [3.05, 3.63) is 38.8 Å². The minimum absolute atomic E-state index is 0.00155. The fraction of sp³-hybridized carbons (Fsp3) is 0.154. The van der Waals surface area contributed by atoms with Gasteiger partial charge in [-0.2, -0.15) is 4.98 Å². The number of rotatable bonds is 4. The van der Waals surface area contributed by atoms with Crippen LogP contribution in [-0.4, -0.2) is 23.8 Å². The van der Waals surface area contributed by atoms with Crippen LogP contribution in [0.2, 0.25) is 10.2 Å². The Kier molecular flexibility index (Phi) is 4.82. The van der Waals surface area contributed by atoms with Crippen LogP contribution in [0.15, 0.2) is 18.2 Å². The Labute approximate surface area is 134 Å². The van der Waals surface area contributed by atoms with Crippen LogP contribution in [0, 0.1) is 0 Å². The molecule has 0 N–H and O–H groups in total. The van der Waals surface area contributed by atoms with Crippen molar-refractivity contribution in [2.75, 3.05) is 7.11 Å². The van der Waals surface area contributed by atoms with Gasteiger partial charge in [-0.25, -0.2) is 4.79 Å². The quantitative estimate of drug-likeness (QED) is 0.612. The molecule has 0 bridgehead atoms. The van der Waals surface area contributed by atoms with Crippen molar-refractivity contribution >= 4 is 46.3 Å². The molecule has 110 valence electrons. The molecule has 0 fully saturated rings. The summed E-state index contributed by atoms with van der Waals surface area (Å²) in [5.41, 5.74) is 0.472. The fourth-order valence-corrected chi connectivity index (χ4v) is 2.72. The summed E-state index contributed by atoms with van der Waals surface area (Å²) < 4.78 is 10.0. The Balaban J connectivity index is 2.26. The minimum atomic E-state index is -0.592. The van der Waals surface area contributed by atoms with E-state index in [1.54, 1.807) is 12.1 Å². The molecule has 1 heterocycles.